The minimum Gasteiger partial charge on any atom is -0.492 e. The Morgan fingerprint density at radius 3 is 2.95 bits per heavy atom. The van der Waals surface area contributed by atoms with E-state index in [9.17, 15) is 0 Å². The van der Waals surface area contributed by atoms with Crippen LogP contribution in [0.4, 0.5) is 0 Å². The largest absolute Gasteiger partial charge is 0.492 e. The summed E-state index contributed by atoms with van der Waals surface area (Å²) in [5.41, 5.74) is 0. The first-order valence-corrected chi connectivity index (χ1v) is 8.52. The van der Waals surface area contributed by atoms with Gasteiger partial charge in [0.1, 0.15) is 17.4 Å². The fourth-order valence-corrected chi connectivity index (χ4v) is 2.86. The molecule has 0 aliphatic carbocycles. The summed E-state index contributed by atoms with van der Waals surface area (Å²) < 4.78 is 6.67. The highest BCUT2D eigenvalue weighted by molar-refractivity contribution is 9.10. The van der Waals surface area contributed by atoms with Crippen molar-refractivity contribution in [3.63, 3.8) is 0 Å². The van der Waals surface area contributed by atoms with E-state index in [2.05, 4.69) is 36.5 Å². The van der Waals surface area contributed by atoms with Gasteiger partial charge in [-0.3, -0.25) is 4.99 Å². The summed E-state index contributed by atoms with van der Waals surface area (Å²) in [4.78, 5) is 9.70. The lowest BCUT2D eigenvalue weighted by Crippen LogP contribution is -2.38. The summed E-state index contributed by atoms with van der Waals surface area (Å²) in [5, 5.41) is 7.49. The monoisotopic (exact) mass is 382 g/mol. The van der Waals surface area contributed by atoms with Gasteiger partial charge in [-0.05, 0) is 25.1 Å². The zero-order valence-electron chi connectivity index (χ0n) is 12.6. The van der Waals surface area contributed by atoms with Gasteiger partial charge in [-0.15, -0.1) is 11.3 Å². The van der Waals surface area contributed by atoms with Crippen molar-refractivity contribution < 1.29 is 4.74 Å². The normalized spacial score (nSPS) is 11.3. The smallest absolute Gasteiger partial charge is 0.191 e. The molecule has 1 aromatic heterocycles. The van der Waals surface area contributed by atoms with E-state index in [1.54, 1.807) is 18.4 Å². The summed E-state index contributed by atoms with van der Waals surface area (Å²) >= 11 is 5.10. The number of halogens is 1. The van der Waals surface area contributed by atoms with Crippen molar-refractivity contribution in [1.29, 1.82) is 0 Å². The molecule has 0 saturated carbocycles. The van der Waals surface area contributed by atoms with Crippen LogP contribution in [0.15, 0.2) is 39.9 Å². The van der Waals surface area contributed by atoms with Crippen LogP contribution in [0.25, 0.3) is 0 Å². The van der Waals surface area contributed by atoms with Crippen molar-refractivity contribution in [1.82, 2.24) is 15.6 Å². The highest BCUT2D eigenvalue weighted by Crippen LogP contribution is 2.17. The average molecular weight is 383 g/mol. The molecule has 118 valence electrons. The number of nitrogens with one attached hydrogen (secondary N) is 2. The maximum atomic E-state index is 5.66. The van der Waals surface area contributed by atoms with Crippen molar-refractivity contribution in [2.24, 2.45) is 4.99 Å². The molecule has 2 rings (SSSR count). The third-order valence-corrected chi connectivity index (χ3v) is 4.17. The first kappa shape index (κ1) is 16.8. The number of aliphatic imine (C=N–C) groups is 1. The number of ether oxygens (including phenoxy) is 1. The molecule has 0 amide bonds. The van der Waals surface area contributed by atoms with E-state index in [4.69, 9.17) is 4.74 Å². The molecule has 0 atom stereocenters. The summed E-state index contributed by atoms with van der Waals surface area (Å²) in [6.45, 7) is 3.95. The topological polar surface area (TPSA) is 58.5 Å². The molecular weight excluding hydrogens is 364 g/mol. The highest BCUT2D eigenvalue weighted by atomic mass is 79.9. The molecule has 2 N–H and O–H groups in total. The Morgan fingerprint density at radius 2 is 2.27 bits per heavy atom. The maximum Gasteiger partial charge on any atom is 0.191 e. The number of nitrogens with zero attached hydrogens (tertiary/aromatic N) is 2. The number of aryl methyl sites for hydroxylation is 1. The van der Waals surface area contributed by atoms with Gasteiger partial charge in [-0.1, -0.05) is 22.0 Å². The van der Waals surface area contributed by atoms with Crippen molar-refractivity contribution >= 4 is 33.2 Å². The second-order valence-corrected chi connectivity index (χ2v) is 6.76. The number of aromatic nitrogens is 1. The zero-order chi connectivity index (χ0) is 15.8. The van der Waals surface area contributed by atoms with Crippen molar-refractivity contribution in [2.75, 3.05) is 20.2 Å². The van der Waals surface area contributed by atoms with Crippen LogP contribution in [0.1, 0.15) is 9.88 Å². The molecule has 0 aliphatic rings. The number of thiazole rings is 1. The van der Waals surface area contributed by atoms with E-state index < -0.39 is 0 Å². The van der Waals surface area contributed by atoms with Gasteiger partial charge in [0.05, 0.1) is 13.1 Å². The molecule has 2 aromatic rings. The van der Waals surface area contributed by atoms with Crippen LogP contribution in [-0.4, -0.2) is 31.1 Å². The lowest BCUT2D eigenvalue weighted by atomic mass is 10.3. The van der Waals surface area contributed by atoms with Crippen LogP contribution in [0.2, 0.25) is 0 Å². The molecule has 0 spiro atoms. The van der Waals surface area contributed by atoms with Gasteiger partial charge in [0, 0.05) is 22.6 Å². The molecule has 7 heteroatoms. The van der Waals surface area contributed by atoms with E-state index in [0.717, 1.165) is 21.2 Å². The van der Waals surface area contributed by atoms with Crippen LogP contribution in [0.3, 0.4) is 0 Å². The Hall–Kier alpha value is -1.60. The summed E-state index contributed by atoms with van der Waals surface area (Å²) in [7, 11) is 1.75. The third-order valence-electron chi connectivity index (χ3n) is 2.76. The third kappa shape index (κ3) is 5.65. The minimum absolute atomic E-state index is 0.563. The number of rotatable bonds is 6. The zero-order valence-corrected chi connectivity index (χ0v) is 15.0. The minimum atomic E-state index is 0.563. The molecule has 5 nitrogen and oxygen atoms in total. The van der Waals surface area contributed by atoms with Crippen LogP contribution >= 0.6 is 27.3 Å². The lowest BCUT2D eigenvalue weighted by molar-refractivity contribution is 0.321. The number of hydrogen-bond donors (Lipinski definition) is 2. The quantitative estimate of drug-likeness (QED) is 0.458. The lowest BCUT2D eigenvalue weighted by Gasteiger charge is -2.11. The van der Waals surface area contributed by atoms with Crippen LogP contribution in [0.5, 0.6) is 5.75 Å². The molecule has 0 unspecified atom stereocenters. The van der Waals surface area contributed by atoms with Gasteiger partial charge in [-0.2, -0.15) is 0 Å². The second kappa shape index (κ2) is 8.75. The van der Waals surface area contributed by atoms with Gasteiger partial charge in [0.2, 0.25) is 0 Å². The molecule has 1 aromatic carbocycles. The average Bonchev–Trinajstić information content (AvgIpc) is 2.92. The van der Waals surface area contributed by atoms with E-state index in [0.29, 0.717) is 19.7 Å². The number of guanidine groups is 1. The Bertz CT molecular complexity index is 630. The first-order chi connectivity index (χ1) is 10.7. The second-order valence-electron chi connectivity index (χ2n) is 4.52. The van der Waals surface area contributed by atoms with Gasteiger partial charge >= 0.3 is 0 Å². The fraction of sp³-hybridized carbons (Fsp3) is 0.333. The van der Waals surface area contributed by atoms with E-state index in [1.165, 1.54) is 4.88 Å². The molecular formula is C15H19BrN4OS. The fourth-order valence-electron chi connectivity index (χ4n) is 1.76. The van der Waals surface area contributed by atoms with E-state index in [1.807, 2.05) is 37.4 Å². The Labute approximate surface area is 143 Å². The Balaban J connectivity index is 1.68. The SMILES string of the molecule is CN=C(NCCOc1cccc(Br)c1)NCc1ncc(C)s1. The van der Waals surface area contributed by atoms with Gasteiger partial charge in [0.15, 0.2) is 5.96 Å². The van der Waals surface area contributed by atoms with Crippen LogP contribution in [0, 0.1) is 6.92 Å². The van der Waals surface area contributed by atoms with Crippen LogP contribution in [-0.2, 0) is 6.54 Å². The van der Waals surface area contributed by atoms with Gasteiger partial charge < -0.3 is 15.4 Å². The Kier molecular flexibility index (Phi) is 6.67. The van der Waals surface area contributed by atoms with E-state index >= 15 is 0 Å². The molecule has 0 saturated heterocycles. The molecule has 0 aliphatic heterocycles. The molecule has 0 fully saturated rings. The van der Waals surface area contributed by atoms with Crippen molar-refractivity contribution in [3.8, 4) is 5.75 Å². The van der Waals surface area contributed by atoms with Crippen molar-refractivity contribution in [2.45, 2.75) is 13.5 Å². The number of hydrogen-bond acceptors (Lipinski definition) is 4. The molecule has 22 heavy (non-hydrogen) atoms. The summed E-state index contributed by atoms with van der Waals surface area (Å²) in [6.07, 6.45) is 1.88. The van der Waals surface area contributed by atoms with E-state index in [-0.39, 0.29) is 0 Å². The van der Waals surface area contributed by atoms with Gasteiger partial charge in [-0.25, -0.2) is 4.98 Å². The summed E-state index contributed by atoms with van der Waals surface area (Å²) in [5.74, 6) is 1.59. The van der Waals surface area contributed by atoms with Crippen LogP contribution < -0.4 is 15.4 Å². The number of benzene rings is 1. The standard InChI is InChI=1S/C15H19BrN4OS/c1-11-9-19-14(22-11)10-20-15(17-2)18-6-7-21-13-5-3-4-12(16)8-13/h3-5,8-9H,6-7,10H2,1-2H3,(H2,17,18,20). The maximum absolute atomic E-state index is 5.66. The Morgan fingerprint density at radius 1 is 1.41 bits per heavy atom. The summed E-state index contributed by atoms with van der Waals surface area (Å²) in [6, 6.07) is 7.79. The predicted octanol–water partition coefficient (Wildman–Crippen LogP) is 2.96. The highest BCUT2D eigenvalue weighted by Gasteiger charge is 2.01. The molecule has 1 heterocycles. The van der Waals surface area contributed by atoms with Crippen molar-refractivity contribution in [3.05, 3.63) is 44.8 Å². The molecule has 0 bridgehead atoms. The molecule has 0 radical (unpaired) electrons. The van der Waals surface area contributed by atoms with Gasteiger partial charge in [0.25, 0.3) is 0 Å². The first-order valence-electron chi connectivity index (χ1n) is 6.91. The predicted molar refractivity (Wildman–Crippen MR) is 94.7 cm³/mol.